The molecule has 1 aromatic heterocycles. The number of aliphatic imine (C=N–C) groups is 1. The quantitative estimate of drug-likeness (QED) is 0.723. The van der Waals surface area contributed by atoms with Gasteiger partial charge in [-0.25, -0.2) is 14.2 Å². The van der Waals surface area contributed by atoms with Crippen LogP contribution in [0.5, 0.6) is 0 Å². The van der Waals surface area contributed by atoms with Crippen LogP contribution >= 0.6 is 0 Å². The molecule has 0 fully saturated rings. The number of halogens is 1. The fraction of sp³-hybridized carbons (Fsp3) is 0.476. The van der Waals surface area contributed by atoms with Gasteiger partial charge in [-0.15, -0.1) is 0 Å². The van der Waals surface area contributed by atoms with Gasteiger partial charge in [-0.2, -0.15) is 0 Å². The number of anilines is 1. The van der Waals surface area contributed by atoms with E-state index in [0.717, 1.165) is 16.8 Å². The highest BCUT2D eigenvalue weighted by Gasteiger charge is 2.51. The molecular weight excluding hydrogens is 377 g/mol. The molecule has 0 saturated heterocycles. The summed E-state index contributed by atoms with van der Waals surface area (Å²) in [6.07, 6.45) is 1.36. The molecule has 8 heteroatoms. The molecule has 156 valence electrons. The third kappa shape index (κ3) is 3.97. The lowest BCUT2D eigenvalue weighted by Crippen LogP contribution is -2.42. The number of amidine groups is 1. The number of rotatable bonds is 6. The summed E-state index contributed by atoms with van der Waals surface area (Å²) in [5.41, 5.74) is 1.10. The van der Waals surface area contributed by atoms with Crippen LogP contribution in [-0.2, 0) is 19.9 Å². The van der Waals surface area contributed by atoms with Crippen LogP contribution in [0.4, 0.5) is 10.1 Å². The molecule has 1 aliphatic heterocycles. The number of nitrogens with zero attached hydrogens (tertiary/aromatic N) is 2. The Hall–Kier alpha value is -2.90. The Labute approximate surface area is 169 Å². The van der Waals surface area contributed by atoms with Crippen molar-refractivity contribution >= 4 is 17.7 Å². The van der Waals surface area contributed by atoms with Gasteiger partial charge in [-0.3, -0.25) is 0 Å². The lowest BCUT2D eigenvalue weighted by molar-refractivity contribution is -0.162. The maximum Gasteiger partial charge on any atom is 0.359 e. The zero-order valence-corrected chi connectivity index (χ0v) is 17.3. The van der Waals surface area contributed by atoms with E-state index in [1.165, 1.54) is 18.4 Å². The van der Waals surface area contributed by atoms with E-state index in [1.807, 2.05) is 27.7 Å². The summed E-state index contributed by atoms with van der Waals surface area (Å²) in [5, 5.41) is 7.04. The van der Waals surface area contributed by atoms with Crippen molar-refractivity contribution in [2.45, 2.75) is 52.1 Å². The van der Waals surface area contributed by atoms with Crippen molar-refractivity contribution in [1.29, 1.82) is 0 Å². The number of hydrogen-bond donors (Lipinski definition) is 1. The first kappa shape index (κ1) is 20.8. The standard InChI is InChI=1S/C21H26FN3O4/c1-6-27-19(26)21(17-7-8-28-25-17)11-23-20(29-21)24-18-15(12(2)3)9-14(22)10-16(18)13(4)5/h7-10,12-13H,6,11H2,1-5H3,(H,23,24). The van der Waals surface area contributed by atoms with E-state index in [-0.39, 0.29) is 42.5 Å². The van der Waals surface area contributed by atoms with Crippen molar-refractivity contribution in [2.75, 3.05) is 18.5 Å². The number of aromatic nitrogens is 1. The summed E-state index contributed by atoms with van der Waals surface area (Å²) in [7, 11) is 0. The van der Waals surface area contributed by atoms with Gasteiger partial charge in [-0.1, -0.05) is 32.9 Å². The normalized spacial score (nSPS) is 18.7. The van der Waals surface area contributed by atoms with Gasteiger partial charge in [-0.05, 0) is 42.0 Å². The molecule has 0 radical (unpaired) electrons. The predicted molar refractivity (Wildman–Crippen MR) is 106 cm³/mol. The summed E-state index contributed by atoms with van der Waals surface area (Å²) >= 11 is 0. The summed E-state index contributed by atoms with van der Waals surface area (Å²) in [6.45, 7) is 9.85. The summed E-state index contributed by atoms with van der Waals surface area (Å²) in [6, 6.07) is 4.71. The van der Waals surface area contributed by atoms with Gasteiger partial charge in [0, 0.05) is 11.8 Å². The molecule has 1 aliphatic rings. The van der Waals surface area contributed by atoms with Crippen LogP contribution in [0.25, 0.3) is 0 Å². The number of nitrogens with one attached hydrogen (secondary N) is 1. The summed E-state index contributed by atoms with van der Waals surface area (Å²) in [4.78, 5) is 17.1. The molecule has 0 saturated carbocycles. The van der Waals surface area contributed by atoms with Crippen LogP contribution in [-0.4, -0.2) is 30.3 Å². The molecule has 0 aliphatic carbocycles. The lowest BCUT2D eigenvalue weighted by atomic mass is 9.92. The van der Waals surface area contributed by atoms with E-state index < -0.39 is 11.6 Å². The van der Waals surface area contributed by atoms with Gasteiger partial charge < -0.3 is 19.3 Å². The van der Waals surface area contributed by atoms with E-state index in [9.17, 15) is 9.18 Å². The Morgan fingerprint density at radius 1 is 1.28 bits per heavy atom. The fourth-order valence-corrected chi connectivity index (χ4v) is 3.30. The number of benzene rings is 1. The molecule has 29 heavy (non-hydrogen) atoms. The van der Waals surface area contributed by atoms with Gasteiger partial charge in [0.1, 0.15) is 24.3 Å². The van der Waals surface area contributed by atoms with Crippen molar-refractivity contribution in [3.05, 3.63) is 47.1 Å². The highest BCUT2D eigenvalue weighted by Crippen LogP contribution is 2.36. The smallest absolute Gasteiger partial charge is 0.359 e. The maximum absolute atomic E-state index is 14.2. The fourth-order valence-electron chi connectivity index (χ4n) is 3.30. The molecule has 0 spiro atoms. The van der Waals surface area contributed by atoms with Gasteiger partial charge >= 0.3 is 5.97 Å². The Bertz CT molecular complexity index is 880. The zero-order chi connectivity index (χ0) is 21.2. The van der Waals surface area contributed by atoms with Crippen molar-refractivity contribution in [3.8, 4) is 0 Å². The molecule has 1 aromatic carbocycles. The SMILES string of the molecule is CCOC(=O)C1(c2ccon2)CN=C(Nc2c(C(C)C)cc(F)cc2C(C)C)O1. The number of esters is 1. The summed E-state index contributed by atoms with van der Waals surface area (Å²) in [5.74, 6) is -0.751. The molecule has 1 unspecified atom stereocenters. The van der Waals surface area contributed by atoms with Crippen molar-refractivity contribution < 1.29 is 23.2 Å². The first-order chi connectivity index (χ1) is 13.8. The van der Waals surface area contributed by atoms with Crippen molar-refractivity contribution in [1.82, 2.24) is 5.16 Å². The molecule has 1 N–H and O–H groups in total. The molecule has 0 amide bonds. The highest BCUT2D eigenvalue weighted by atomic mass is 19.1. The van der Waals surface area contributed by atoms with Crippen molar-refractivity contribution in [3.63, 3.8) is 0 Å². The second-order valence-electron chi connectivity index (χ2n) is 7.55. The Kier molecular flexibility index (Phi) is 5.91. The second-order valence-corrected chi connectivity index (χ2v) is 7.55. The third-order valence-corrected chi connectivity index (χ3v) is 4.81. The van der Waals surface area contributed by atoms with E-state index >= 15 is 0 Å². The largest absolute Gasteiger partial charge is 0.463 e. The van der Waals surface area contributed by atoms with Crippen LogP contribution in [0.1, 0.15) is 63.3 Å². The first-order valence-electron chi connectivity index (χ1n) is 9.70. The highest BCUT2D eigenvalue weighted by molar-refractivity contribution is 5.96. The number of carbonyl (C=O) groups is 1. The topological polar surface area (TPSA) is 86.0 Å². The second kappa shape index (κ2) is 8.23. The van der Waals surface area contributed by atoms with E-state index in [4.69, 9.17) is 14.0 Å². The molecule has 2 aromatic rings. The van der Waals surface area contributed by atoms with Gasteiger partial charge in [0.25, 0.3) is 11.6 Å². The summed E-state index contributed by atoms with van der Waals surface area (Å²) < 4.78 is 30.2. The van der Waals surface area contributed by atoms with Crippen LogP contribution < -0.4 is 5.32 Å². The van der Waals surface area contributed by atoms with Crippen LogP contribution in [0.15, 0.2) is 34.0 Å². The molecule has 3 rings (SSSR count). The minimum Gasteiger partial charge on any atom is -0.463 e. The minimum absolute atomic E-state index is 0.00405. The Balaban J connectivity index is 1.96. The maximum atomic E-state index is 14.2. The van der Waals surface area contributed by atoms with E-state index in [0.29, 0.717) is 0 Å². The average molecular weight is 403 g/mol. The van der Waals surface area contributed by atoms with Gasteiger partial charge in [0.05, 0.1) is 6.61 Å². The molecule has 0 bridgehead atoms. The molecule has 1 atom stereocenters. The predicted octanol–water partition coefficient (Wildman–Crippen LogP) is 4.32. The Morgan fingerprint density at radius 3 is 2.45 bits per heavy atom. The average Bonchev–Trinajstić information content (AvgIpc) is 3.33. The number of ether oxygens (including phenoxy) is 2. The van der Waals surface area contributed by atoms with Crippen molar-refractivity contribution in [2.24, 2.45) is 4.99 Å². The lowest BCUT2D eigenvalue weighted by Gasteiger charge is -2.25. The van der Waals surface area contributed by atoms with Gasteiger partial charge in [0.2, 0.25) is 0 Å². The Morgan fingerprint density at radius 2 is 1.93 bits per heavy atom. The monoisotopic (exact) mass is 403 g/mol. The number of hydrogen-bond acceptors (Lipinski definition) is 7. The minimum atomic E-state index is -1.51. The molecule has 7 nitrogen and oxygen atoms in total. The first-order valence-corrected chi connectivity index (χ1v) is 9.70. The number of carbonyl (C=O) groups excluding carboxylic acids is 1. The van der Waals surface area contributed by atoms with Crippen LogP contribution in [0.2, 0.25) is 0 Å². The molecular formula is C21H26FN3O4. The van der Waals surface area contributed by atoms with E-state index in [2.05, 4.69) is 15.5 Å². The zero-order valence-electron chi connectivity index (χ0n) is 17.3. The van der Waals surface area contributed by atoms with E-state index in [1.54, 1.807) is 13.0 Å². The van der Waals surface area contributed by atoms with Gasteiger partial charge in [0.15, 0.2) is 0 Å². The van der Waals surface area contributed by atoms with Crippen LogP contribution in [0, 0.1) is 5.82 Å². The molecule has 2 heterocycles. The third-order valence-electron chi connectivity index (χ3n) is 4.81. The van der Waals surface area contributed by atoms with Crippen LogP contribution in [0.3, 0.4) is 0 Å².